The van der Waals surface area contributed by atoms with Gasteiger partial charge in [0.25, 0.3) is 5.56 Å². The number of aromatic nitrogens is 3. The van der Waals surface area contributed by atoms with E-state index < -0.39 is 24.9 Å². The molecule has 0 amide bonds. The van der Waals surface area contributed by atoms with Crippen LogP contribution < -0.4 is 20.9 Å². The summed E-state index contributed by atoms with van der Waals surface area (Å²) in [5.41, 5.74) is 1.04. The Morgan fingerprint density at radius 2 is 1.92 bits per heavy atom. The predicted molar refractivity (Wildman–Crippen MR) is 136 cm³/mol. The number of allylic oxidation sites excluding steroid dienone is 5. The van der Waals surface area contributed by atoms with Crippen LogP contribution in [0.25, 0.3) is 27.7 Å². The summed E-state index contributed by atoms with van der Waals surface area (Å²) in [4.78, 5) is 22.0. The van der Waals surface area contributed by atoms with Crippen LogP contribution in [-0.2, 0) is 0 Å². The highest BCUT2D eigenvalue weighted by Crippen LogP contribution is 2.29. The van der Waals surface area contributed by atoms with Gasteiger partial charge in [0.15, 0.2) is 0 Å². The first-order chi connectivity index (χ1) is 18.6. The van der Waals surface area contributed by atoms with Crippen LogP contribution >= 0.6 is 0 Å². The number of pyridine rings is 1. The third-order valence-electron chi connectivity index (χ3n) is 5.94. The Balaban J connectivity index is 1.63. The van der Waals surface area contributed by atoms with Gasteiger partial charge >= 0.3 is 12.8 Å². The first-order valence-corrected chi connectivity index (χ1v) is 11.8. The molecule has 13 heteroatoms. The molecule has 0 aliphatic heterocycles. The van der Waals surface area contributed by atoms with Gasteiger partial charge in [0.05, 0.1) is 16.8 Å². The summed E-state index contributed by atoms with van der Waals surface area (Å²) in [6.07, 6.45) is 6.83. The van der Waals surface area contributed by atoms with Crippen LogP contribution in [0.3, 0.4) is 0 Å². The molecule has 0 saturated heterocycles. The lowest BCUT2D eigenvalue weighted by Crippen LogP contribution is -2.24. The lowest BCUT2D eigenvalue weighted by molar-refractivity contribution is -0.115. The average Bonchev–Trinajstić information content (AvgIpc) is 3.71. The first kappa shape index (κ1) is 26.1. The van der Waals surface area contributed by atoms with Crippen molar-refractivity contribution in [2.75, 3.05) is 11.9 Å². The number of anilines is 1. The minimum absolute atomic E-state index is 0.0186. The van der Waals surface area contributed by atoms with Gasteiger partial charge in [0.2, 0.25) is 5.95 Å². The van der Waals surface area contributed by atoms with E-state index >= 15 is 0 Å². The number of benzene rings is 1. The average molecular weight is 544 g/mol. The van der Waals surface area contributed by atoms with E-state index in [2.05, 4.69) is 25.3 Å². The third-order valence-corrected chi connectivity index (χ3v) is 5.94. The SMILES string of the molecule is N=C1C=CC(n2cc3cnc(NCC(F)(F)F)nc3c(-c3ccc(OC(F)F)cc3)c2=O)=C/C1=C/NC1CC1. The van der Waals surface area contributed by atoms with E-state index in [1.165, 1.54) is 41.2 Å². The van der Waals surface area contributed by atoms with Crippen LogP contribution in [0.4, 0.5) is 27.9 Å². The molecular formula is C26H21F5N6O2. The molecule has 2 heterocycles. The normalized spacial score (nSPS) is 16.6. The smallest absolute Gasteiger partial charge is 0.405 e. The fourth-order valence-electron chi connectivity index (χ4n) is 3.90. The molecular weight excluding hydrogens is 523 g/mol. The second-order valence-electron chi connectivity index (χ2n) is 8.91. The first-order valence-electron chi connectivity index (χ1n) is 11.8. The van der Waals surface area contributed by atoms with E-state index in [0.29, 0.717) is 22.7 Å². The Hall–Kier alpha value is -4.55. The highest BCUT2D eigenvalue weighted by atomic mass is 19.4. The number of rotatable bonds is 8. The topological polar surface area (TPSA) is 105 Å². The second-order valence-corrected chi connectivity index (χ2v) is 8.91. The van der Waals surface area contributed by atoms with Crippen molar-refractivity contribution in [2.24, 2.45) is 0 Å². The fourth-order valence-corrected chi connectivity index (χ4v) is 3.90. The Kier molecular flexibility index (Phi) is 6.89. The molecule has 2 aliphatic carbocycles. The van der Waals surface area contributed by atoms with Crippen LogP contribution in [0.5, 0.6) is 5.75 Å². The van der Waals surface area contributed by atoms with E-state index in [9.17, 15) is 26.7 Å². The van der Waals surface area contributed by atoms with Crippen molar-refractivity contribution in [1.29, 1.82) is 5.41 Å². The number of hydrogen-bond donors (Lipinski definition) is 3. The van der Waals surface area contributed by atoms with Gasteiger partial charge in [-0.25, -0.2) is 9.97 Å². The molecule has 2 aromatic heterocycles. The molecule has 202 valence electrons. The Morgan fingerprint density at radius 3 is 2.59 bits per heavy atom. The van der Waals surface area contributed by atoms with Crippen molar-refractivity contribution in [3.63, 3.8) is 0 Å². The summed E-state index contributed by atoms with van der Waals surface area (Å²) in [5.74, 6) is -0.469. The maximum Gasteiger partial charge on any atom is 0.405 e. The van der Waals surface area contributed by atoms with Gasteiger partial charge in [-0.05, 0) is 48.8 Å². The molecule has 5 rings (SSSR count). The lowest BCUT2D eigenvalue weighted by atomic mass is 10.0. The van der Waals surface area contributed by atoms with Gasteiger partial charge < -0.3 is 20.8 Å². The molecule has 3 N–H and O–H groups in total. The third kappa shape index (κ3) is 6.13. The van der Waals surface area contributed by atoms with Crippen molar-refractivity contribution in [3.8, 4) is 16.9 Å². The molecule has 0 unspecified atom stereocenters. The second kappa shape index (κ2) is 10.3. The molecule has 1 saturated carbocycles. The van der Waals surface area contributed by atoms with Crippen molar-refractivity contribution >= 4 is 28.3 Å². The Labute approximate surface area is 218 Å². The zero-order valence-corrected chi connectivity index (χ0v) is 20.1. The maximum atomic E-state index is 13.8. The fraction of sp³-hybridized carbons (Fsp3) is 0.231. The van der Waals surface area contributed by atoms with E-state index in [0.717, 1.165) is 12.8 Å². The van der Waals surface area contributed by atoms with E-state index in [-0.39, 0.29) is 34.1 Å². The summed E-state index contributed by atoms with van der Waals surface area (Å²) >= 11 is 0. The molecule has 0 spiro atoms. The molecule has 3 aromatic rings. The summed E-state index contributed by atoms with van der Waals surface area (Å²) < 4.78 is 69.2. The highest BCUT2D eigenvalue weighted by molar-refractivity contribution is 6.12. The number of halogens is 5. The number of nitrogens with one attached hydrogen (secondary N) is 3. The van der Waals surface area contributed by atoms with Crippen LogP contribution in [0.1, 0.15) is 12.8 Å². The van der Waals surface area contributed by atoms with Crippen molar-refractivity contribution in [1.82, 2.24) is 19.9 Å². The predicted octanol–water partition coefficient (Wildman–Crippen LogP) is 5.10. The number of fused-ring (bicyclic) bond motifs is 1. The van der Waals surface area contributed by atoms with Crippen LogP contribution in [-0.4, -0.2) is 45.6 Å². The van der Waals surface area contributed by atoms with Crippen molar-refractivity contribution in [2.45, 2.75) is 31.7 Å². The lowest BCUT2D eigenvalue weighted by Gasteiger charge is -2.17. The quantitative estimate of drug-likeness (QED) is 0.341. The van der Waals surface area contributed by atoms with Crippen molar-refractivity contribution < 1.29 is 26.7 Å². The Morgan fingerprint density at radius 1 is 1.18 bits per heavy atom. The van der Waals surface area contributed by atoms with Gasteiger partial charge in [0, 0.05) is 41.3 Å². The minimum atomic E-state index is -4.52. The molecule has 39 heavy (non-hydrogen) atoms. The van der Waals surface area contributed by atoms with Crippen LogP contribution in [0, 0.1) is 5.41 Å². The van der Waals surface area contributed by atoms with Crippen LogP contribution in [0.2, 0.25) is 0 Å². The van der Waals surface area contributed by atoms with Crippen LogP contribution in [0.15, 0.2) is 71.5 Å². The summed E-state index contributed by atoms with van der Waals surface area (Å²) in [6.45, 7) is -4.42. The zero-order valence-electron chi connectivity index (χ0n) is 20.1. The molecule has 0 bridgehead atoms. The molecule has 0 radical (unpaired) electrons. The summed E-state index contributed by atoms with van der Waals surface area (Å²) in [5, 5.41) is 13.9. The number of nitrogens with zero attached hydrogens (tertiary/aromatic N) is 3. The molecule has 0 atom stereocenters. The summed E-state index contributed by atoms with van der Waals surface area (Å²) in [6, 6.07) is 5.63. The zero-order chi connectivity index (χ0) is 27.7. The standard InChI is InChI=1S/C26H21F5N6O2/c27-24(28)39-19-6-1-14(2-7-19)21-22-16(11-34-25(36-22)35-13-26(29,30)31)12-37(23(21)38)18-5-8-20(32)15(9-18)10-33-17-3-4-17/h1-2,5-12,17,24,32-33H,3-4,13H2,(H,35,36)/b15-10-,32-20?. The monoisotopic (exact) mass is 544 g/mol. The molecule has 1 fully saturated rings. The van der Waals surface area contributed by atoms with E-state index in [4.69, 9.17) is 5.41 Å². The number of alkyl halides is 5. The van der Waals surface area contributed by atoms with Gasteiger partial charge in [0.1, 0.15) is 12.3 Å². The van der Waals surface area contributed by atoms with E-state index in [1.54, 1.807) is 24.4 Å². The Bertz CT molecular complexity index is 1570. The highest BCUT2D eigenvalue weighted by Gasteiger charge is 2.27. The number of hydrogen-bond acceptors (Lipinski definition) is 7. The number of ether oxygens (including phenoxy) is 1. The molecule has 2 aliphatic rings. The van der Waals surface area contributed by atoms with Gasteiger partial charge in [-0.15, -0.1) is 0 Å². The van der Waals surface area contributed by atoms with Gasteiger partial charge in [-0.2, -0.15) is 22.0 Å². The van der Waals surface area contributed by atoms with Crippen molar-refractivity contribution in [3.05, 3.63) is 77.0 Å². The summed E-state index contributed by atoms with van der Waals surface area (Å²) in [7, 11) is 0. The molecule has 1 aromatic carbocycles. The maximum absolute atomic E-state index is 13.8. The largest absolute Gasteiger partial charge is 0.435 e. The minimum Gasteiger partial charge on any atom is -0.435 e. The van der Waals surface area contributed by atoms with Gasteiger partial charge in [-0.1, -0.05) is 12.1 Å². The van der Waals surface area contributed by atoms with Gasteiger partial charge in [-0.3, -0.25) is 9.36 Å². The molecule has 8 nitrogen and oxygen atoms in total. The van der Waals surface area contributed by atoms with E-state index in [1.807, 2.05) is 0 Å².